The molecule has 1 heterocycles. The molecule has 1 atom stereocenters. The zero-order valence-electron chi connectivity index (χ0n) is 20.3. The van der Waals surface area contributed by atoms with E-state index in [2.05, 4.69) is 0 Å². The van der Waals surface area contributed by atoms with Crippen LogP contribution < -0.4 is 14.7 Å². The summed E-state index contributed by atoms with van der Waals surface area (Å²) in [5, 5.41) is 0. The maximum Gasteiger partial charge on any atom is 0.306 e. The van der Waals surface area contributed by atoms with Gasteiger partial charge in [0.15, 0.2) is 17.2 Å². The Kier molecular flexibility index (Phi) is 5.75. The average Bonchev–Trinajstić information content (AvgIpc) is 3.41. The zero-order valence-corrected chi connectivity index (χ0v) is 21.1. The maximum absolute atomic E-state index is 14.1. The lowest BCUT2D eigenvalue weighted by molar-refractivity contribution is -0.129. The first-order valence-corrected chi connectivity index (χ1v) is 13.4. The van der Waals surface area contributed by atoms with Gasteiger partial charge in [0.2, 0.25) is 0 Å². The largest absolute Gasteiger partial charge is 0.497 e. The van der Waals surface area contributed by atoms with Crippen LogP contribution in [0.25, 0.3) is 11.1 Å². The molecule has 0 aromatic heterocycles. The third-order valence-corrected chi connectivity index (χ3v) is 7.24. The van der Waals surface area contributed by atoms with E-state index >= 15 is 0 Å². The van der Waals surface area contributed by atoms with Crippen molar-refractivity contribution in [2.24, 2.45) is 10.7 Å². The Bertz CT molecular complexity index is 1500. The summed E-state index contributed by atoms with van der Waals surface area (Å²) in [6.07, 6.45) is 3.86. The van der Waals surface area contributed by atoms with E-state index in [1.54, 1.807) is 13.1 Å². The quantitative estimate of drug-likeness (QED) is 0.515. The van der Waals surface area contributed by atoms with Gasteiger partial charge >= 0.3 is 10.1 Å². The van der Waals surface area contributed by atoms with Crippen LogP contribution in [-0.2, 0) is 33.3 Å². The van der Waals surface area contributed by atoms with Gasteiger partial charge in [0.1, 0.15) is 5.75 Å². The molecule has 3 aromatic carbocycles. The van der Waals surface area contributed by atoms with Crippen molar-refractivity contribution in [1.82, 2.24) is 4.90 Å². The fourth-order valence-corrected chi connectivity index (χ4v) is 5.55. The lowest BCUT2D eigenvalue weighted by Gasteiger charge is -2.30. The van der Waals surface area contributed by atoms with Crippen molar-refractivity contribution in [2.45, 2.75) is 24.8 Å². The molecule has 3 aromatic rings. The first-order valence-electron chi connectivity index (χ1n) is 11.6. The van der Waals surface area contributed by atoms with Crippen molar-refractivity contribution < 1.29 is 22.1 Å². The van der Waals surface area contributed by atoms with E-state index in [1.807, 2.05) is 48.5 Å². The number of aliphatic imine (C=N–C) groups is 1. The number of ether oxygens (including phenoxy) is 1. The van der Waals surface area contributed by atoms with E-state index in [0.29, 0.717) is 16.9 Å². The molecule has 0 saturated carbocycles. The molecule has 1 unspecified atom stereocenters. The number of nitrogens with zero attached hydrogens (tertiary/aromatic N) is 2. The molecule has 0 fully saturated rings. The molecular weight excluding hydrogens is 478 g/mol. The van der Waals surface area contributed by atoms with Crippen LogP contribution in [-0.4, -0.2) is 45.6 Å². The lowest BCUT2D eigenvalue weighted by atomic mass is 9.77. The molecule has 36 heavy (non-hydrogen) atoms. The molecule has 0 bridgehead atoms. The summed E-state index contributed by atoms with van der Waals surface area (Å²) in [4.78, 5) is 20.1. The van der Waals surface area contributed by atoms with Crippen LogP contribution in [0.4, 0.5) is 0 Å². The number of amides is 1. The van der Waals surface area contributed by atoms with Gasteiger partial charge in [0.25, 0.3) is 5.91 Å². The minimum Gasteiger partial charge on any atom is -0.497 e. The van der Waals surface area contributed by atoms with Crippen LogP contribution in [0.5, 0.6) is 11.5 Å². The summed E-state index contributed by atoms with van der Waals surface area (Å²) in [5.74, 6) is -0.0493. The Morgan fingerprint density at radius 3 is 2.39 bits per heavy atom. The fourth-order valence-electron chi connectivity index (χ4n) is 5.09. The topological polar surface area (TPSA) is 111 Å². The first-order chi connectivity index (χ1) is 17.1. The molecule has 5 rings (SSSR count). The van der Waals surface area contributed by atoms with Crippen LogP contribution in [0.3, 0.4) is 0 Å². The van der Waals surface area contributed by atoms with Gasteiger partial charge in [-0.2, -0.15) is 8.42 Å². The number of guanidine groups is 1. The molecule has 8 nitrogen and oxygen atoms in total. The molecule has 1 amide bonds. The molecular formula is C27H27N3O5S. The Labute approximate surface area is 210 Å². The smallest absolute Gasteiger partial charge is 0.306 e. The molecule has 9 heteroatoms. The van der Waals surface area contributed by atoms with Gasteiger partial charge in [-0.1, -0.05) is 48.5 Å². The number of carbonyl (C=O) groups excluding carboxylic acids is 1. The van der Waals surface area contributed by atoms with E-state index in [-0.39, 0.29) is 17.3 Å². The number of rotatable bonds is 6. The van der Waals surface area contributed by atoms with Gasteiger partial charge in [-0.25, -0.2) is 4.99 Å². The fraction of sp³-hybridized carbons (Fsp3) is 0.259. The predicted octanol–water partition coefficient (Wildman–Crippen LogP) is 3.22. The van der Waals surface area contributed by atoms with Crippen molar-refractivity contribution in [1.29, 1.82) is 0 Å². The second-order valence-corrected chi connectivity index (χ2v) is 10.7. The maximum atomic E-state index is 14.1. The Morgan fingerprint density at radius 2 is 1.75 bits per heavy atom. The molecule has 0 radical (unpaired) electrons. The van der Waals surface area contributed by atoms with Crippen molar-refractivity contribution in [3.63, 3.8) is 0 Å². The van der Waals surface area contributed by atoms with Gasteiger partial charge in [0, 0.05) is 18.7 Å². The number of nitrogens with two attached hydrogens (primary N) is 1. The van der Waals surface area contributed by atoms with Crippen LogP contribution in [0.2, 0.25) is 0 Å². The van der Waals surface area contributed by atoms with E-state index in [1.165, 1.54) is 23.6 Å². The second-order valence-electron chi connectivity index (χ2n) is 9.08. The van der Waals surface area contributed by atoms with Gasteiger partial charge in [-0.05, 0) is 53.1 Å². The number of methoxy groups -OCH3 is 1. The Hall–Kier alpha value is -3.85. The number of hydrogen-bond acceptors (Lipinski definition) is 7. The van der Waals surface area contributed by atoms with Gasteiger partial charge in [-0.3, -0.25) is 9.69 Å². The number of benzene rings is 3. The summed E-state index contributed by atoms with van der Waals surface area (Å²) in [6.45, 7) is 0. The number of hydrogen-bond donors (Lipinski definition) is 1. The highest BCUT2D eigenvalue weighted by Crippen LogP contribution is 2.50. The van der Waals surface area contributed by atoms with E-state index in [4.69, 9.17) is 19.6 Å². The average molecular weight is 506 g/mol. The number of aryl methyl sites for hydroxylation is 2. The highest BCUT2D eigenvalue weighted by atomic mass is 32.2. The monoisotopic (exact) mass is 505 g/mol. The van der Waals surface area contributed by atoms with Gasteiger partial charge in [-0.15, -0.1) is 0 Å². The summed E-state index contributed by atoms with van der Waals surface area (Å²) in [7, 11) is -0.941. The van der Waals surface area contributed by atoms with Crippen molar-refractivity contribution >= 4 is 22.0 Å². The number of carbonyl (C=O) groups is 1. The third kappa shape index (κ3) is 3.89. The summed E-state index contributed by atoms with van der Waals surface area (Å²) in [5.41, 5.74) is 9.11. The molecule has 2 aliphatic rings. The van der Waals surface area contributed by atoms with Gasteiger partial charge in [0.05, 0.1) is 13.4 Å². The highest BCUT2D eigenvalue weighted by molar-refractivity contribution is 7.86. The summed E-state index contributed by atoms with van der Waals surface area (Å²) < 4.78 is 35.8. The van der Waals surface area contributed by atoms with E-state index < -0.39 is 21.6 Å². The van der Waals surface area contributed by atoms with E-state index in [9.17, 15) is 13.2 Å². The highest BCUT2D eigenvalue weighted by Gasteiger charge is 2.53. The van der Waals surface area contributed by atoms with Crippen LogP contribution in [0.1, 0.15) is 28.7 Å². The lowest BCUT2D eigenvalue weighted by Crippen LogP contribution is -2.41. The Balaban J connectivity index is 1.92. The van der Waals surface area contributed by atoms with Crippen molar-refractivity contribution in [3.05, 3.63) is 82.9 Å². The van der Waals surface area contributed by atoms with Crippen molar-refractivity contribution in [3.8, 4) is 22.6 Å². The third-order valence-electron chi connectivity index (χ3n) is 6.76. The van der Waals surface area contributed by atoms with Crippen molar-refractivity contribution in [2.75, 3.05) is 20.4 Å². The van der Waals surface area contributed by atoms with Crippen LogP contribution in [0, 0.1) is 0 Å². The van der Waals surface area contributed by atoms with Crippen LogP contribution in [0.15, 0.2) is 65.7 Å². The molecule has 1 aliphatic carbocycles. The number of fused-ring (bicyclic) bond motifs is 1. The summed E-state index contributed by atoms with van der Waals surface area (Å²) in [6, 6.07) is 18.4. The SMILES string of the molecule is COc1cc(OS(C)(=O)=O)c(C2(c3ccc4c(c3)CCC4)N=C(N)N(C)C2=O)c(-c2ccccc2)c1. The normalized spacial score (nSPS) is 19.2. The standard InChI is InChI=1S/C27H27N3O5S/c1-30-25(31)27(29-26(30)28,20-13-12-17-10-7-11-19(17)14-20)24-22(18-8-5-4-6-9-18)15-21(34-2)16-23(24)35-36(3,32)33/h4-6,8-9,12-16H,7,10-11H2,1-3H3,(H2,28,29). The number of likely N-dealkylation sites (N-methyl/N-ethyl adjacent to an activating group) is 1. The molecule has 0 spiro atoms. The molecule has 2 N–H and O–H groups in total. The van der Waals surface area contributed by atoms with Crippen LogP contribution >= 0.6 is 0 Å². The minimum atomic E-state index is -3.98. The van der Waals surface area contributed by atoms with E-state index in [0.717, 1.165) is 36.6 Å². The molecule has 0 saturated heterocycles. The zero-order chi connectivity index (χ0) is 25.7. The first kappa shape index (κ1) is 23.9. The molecule has 1 aliphatic heterocycles. The predicted molar refractivity (Wildman–Crippen MR) is 138 cm³/mol. The summed E-state index contributed by atoms with van der Waals surface area (Å²) >= 11 is 0. The second kappa shape index (κ2) is 8.67. The van der Waals surface area contributed by atoms with Gasteiger partial charge < -0.3 is 14.7 Å². The molecule has 186 valence electrons. The minimum absolute atomic E-state index is 0.0284. The Morgan fingerprint density at radius 1 is 1.03 bits per heavy atom.